The number of aryl methyl sites for hydroxylation is 1. The lowest BCUT2D eigenvalue weighted by atomic mass is 10.1. The summed E-state index contributed by atoms with van der Waals surface area (Å²) in [6.07, 6.45) is 0. The molecule has 1 aliphatic heterocycles. The molecule has 0 spiro atoms. The maximum Gasteiger partial charge on any atom is 0.292 e. The predicted octanol–water partition coefficient (Wildman–Crippen LogP) is 3.42. The van der Waals surface area contributed by atoms with Crippen molar-refractivity contribution in [1.29, 1.82) is 0 Å². The van der Waals surface area contributed by atoms with Crippen LogP contribution in [0, 0.1) is 17.0 Å². The molecule has 1 aromatic heterocycles. The number of amides is 1. The van der Waals surface area contributed by atoms with Crippen LogP contribution < -0.4 is 9.64 Å². The second kappa shape index (κ2) is 7.98. The van der Waals surface area contributed by atoms with Gasteiger partial charge in [-0.2, -0.15) is 0 Å². The Morgan fingerprint density at radius 2 is 1.83 bits per heavy atom. The molecule has 1 fully saturated rings. The van der Waals surface area contributed by atoms with Crippen molar-refractivity contribution in [2.45, 2.75) is 6.92 Å². The van der Waals surface area contributed by atoms with Gasteiger partial charge in [-0.1, -0.05) is 12.1 Å². The van der Waals surface area contributed by atoms with Crippen LogP contribution in [0.15, 0.2) is 48.5 Å². The normalized spacial score (nSPS) is 14.1. The van der Waals surface area contributed by atoms with Gasteiger partial charge in [-0.3, -0.25) is 19.9 Å². The molecule has 30 heavy (non-hydrogen) atoms. The Morgan fingerprint density at radius 3 is 2.53 bits per heavy atom. The van der Waals surface area contributed by atoms with E-state index < -0.39 is 0 Å². The molecule has 1 saturated heterocycles. The number of ether oxygens (including phenoxy) is 1. The maximum atomic E-state index is 13.1. The average molecular weight is 406 g/mol. The third-order valence-corrected chi connectivity index (χ3v) is 5.43. The Balaban J connectivity index is 1.52. The van der Waals surface area contributed by atoms with Gasteiger partial charge >= 0.3 is 0 Å². The van der Waals surface area contributed by atoms with E-state index in [1.165, 1.54) is 6.07 Å². The number of nitro benzene ring substituents is 1. The Labute approximate surface area is 173 Å². The fourth-order valence-electron chi connectivity index (χ4n) is 3.79. The number of piperazine rings is 1. The van der Waals surface area contributed by atoms with E-state index in [1.807, 2.05) is 36.1 Å². The third kappa shape index (κ3) is 3.63. The molecule has 0 aliphatic carbocycles. The molecule has 1 amide bonds. The van der Waals surface area contributed by atoms with Crippen molar-refractivity contribution in [2.24, 2.45) is 0 Å². The zero-order chi connectivity index (χ0) is 21.3. The van der Waals surface area contributed by atoms with Gasteiger partial charge in [0.05, 0.1) is 28.8 Å². The highest BCUT2D eigenvalue weighted by molar-refractivity contribution is 5.99. The summed E-state index contributed by atoms with van der Waals surface area (Å²) in [6, 6.07) is 14.2. The molecule has 154 valence electrons. The number of carbonyl (C=O) groups excluding carboxylic acids is 1. The van der Waals surface area contributed by atoms with E-state index in [0.29, 0.717) is 43.1 Å². The molecular formula is C22H22N4O4. The van der Waals surface area contributed by atoms with Crippen LogP contribution in [-0.4, -0.2) is 54.0 Å². The minimum Gasteiger partial charge on any atom is -0.497 e. The summed E-state index contributed by atoms with van der Waals surface area (Å²) >= 11 is 0. The first-order valence-electron chi connectivity index (χ1n) is 9.71. The molecule has 4 rings (SSSR count). The molecule has 0 bridgehead atoms. The van der Waals surface area contributed by atoms with E-state index in [9.17, 15) is 14.9 Å². The number of para-hydroxylation sites is 2. The Morgan fingerprint density at radius 1 is 1.10 bits per heavy atom. The van der Waals surface area contributed by atoms with Gasteiger partial charge in [-0.25, -0.2) is 0 Å². The zero-order valence-corrected chi connectivity index (χ0v) is 16.9. The topological polar surface area (TPSA) is 88.8 Å². The number of hydrogen-bond acceptors (Lipinski definition) is 6. The van der Waals surface area contributed by atoms with Crippen molar-refractivity contribution in [3.8, 4) is 5.75 Å². The summed E-state index contributed by atoms with van der Waals surface area (Å²) < 4.78 is 5.24. The van der Waals surface area contributed by atoms with Crippen molar-refractivity contribution in [2.75, 3.05) is 38.2 Å². The number of hydrogen-bond donors (Lipinski definition) is 0. The third-order valence-electron chi connectivity index (χ3n) is 5.43. The number of carbonyl (C=O) groups is 1. The summed E-state index contributed by atoms with van der Waals surface area (Å²) in [4.78, 5) is 32.4. The molecule has 1 aliphatic rings. The van der Waals surface area contributed by atoms with E-state index in [2.05, 4.69) is 4.98 Å². The molecule has 0 N–H and O–H groups in total. The van der Waals surface area contributed by atoms with Crippen molar-refractivity contribution >= 4 is 28.2 Å². The van der Waals surface area contributed by atoms with Crippen molar-refractivity contribution in [3.63, 3.8) is 0 Å². The smallest absolute Gasteiger partial charge is 0.292 e. The number of anilines is 1. The van der Waals surface area contributed by atoms with E-state index in [1.54, 1.807) is 30.2 Å². The quantitative estimate of drug-likeness (QED) is 0.487. The predicted molar refractivity (Wildman–Crippen MR) is 114 cm³/mol. The van der Waals surface area contributed by atoms with Crippen LogP contribution in [0.2, 0.25) is 0 Å². The second-order valence-electron chi connectivity index (χ2n) is 7.21. The molecule has 0 radical (unpaired) electrons. The van der Waals surface area contributed by atoms with E-state index in [4.69, 9.17) is 4.74 Å². The number of methoxy groups -OCH3 is 1. The average Bonchev–Trinajstić information content (AvgIpc) is 2.77. The number of fused-ring (bicyclic) bond motifs is 1. The standard InChI is InChI=1S/C22H22N4O4/c1-15-18(13-16-7-8-17(30-2)14-19(16)23-15)22(27)25-11-9-24(10-12-25)20-5-3-4-6-21(20)26(28)29/h3-8,13-14H,9-12H2,1-2H3. The number of aromatic nitrogens is 1. The number of rotatable bonds is 4. The first-order chi connectivity index (χ1) is 14.5. The van der Waals surface area contributed by atoms with Crippen LogP contribution in [0.4, 0.5) is 11.4 Å². The van der Waals surface area contributed by atoms with Gasteiger partial charge in [0.15, 0.2) is 0 Å². The summed E-state index contributed by atoms with van der Waals surface area (Å²) in [5.74, 6) is 0.652. The zero-order valence-electron chi connectivity index (χ0n) is 16.9. The van der Waals surface area contributed by atoms with E-state index >= 15 is 0 Å². The van der Waals surface area contributed by atoms with Gasteiger partial charge < -0.3 is 14.5 Å². The van der Waals surface area contributed by atoms with E-state index in [-0.39, 0.29) is 16.5 Å². The van der Waals surface area contributed by atoms with Crippen LogP contribution in [0.5, 0.6) is 5.75 Å². The molecule has 2 aromatic carbocycles. The van der Waals surface area contributed by atoms with Gasteiger partial charge in [0.1, 0.15) is 11.4 Å². The molecular weight excluding hydrogens is 384 g/mol. The van der Waals surface area contributed by atoms with Gasteiger partial charge in [-0.15, -0.1) is 0 Å². The number of nitrogens with zero attached hydrogens (tertiary/aromatic N) is 4. The monoisotopic (exact) mass is 406 g/mol. The highest BCUT2D eigenvalue weighted by Crippen LogP contribution is 2.29. The molecule has 8 heteroatoms. The minimum atomic E-state index is -0.369. The van der Waals surface area contributed by atoms with Crippen molar-refractivity contribution in [3.05, 3.63) is 69.9 Å². The van der Waals surface area contributed by atoms with Gasteiger partial charge in [0.25, 0.3) is 11.6 Å². The Hall–Kier alpha value is -3.68. The summed E-state index contributed by atoms with van der Waals surface area (Å²) in [5.41, 5.74) is 2.70. The van der Waals surface area contributed by atoms with Gasteiger partial charge in [-0.05, 0) is 31.2 Å². The first kappa shape index (κ1) is 19.6. The van der Waals surface area contributed by atoms with Crippen LogP contribution in [0.25, 0.3) is 10.9 Å². The van der Waals surface area contributed by atoms with E-state index in [0.717, 1.165) is 16.7 Å². The lowest BCUT2D eigenvalue weighted by molar-refractivity contribution is -0.384. The van der Waals surface area contributed by atoms with Gasteiger partial charge in [0, 0.05) is 43.7 Å². The second-order valence-corrected chi connectivity index (χ2v) is 7.21. The molecule has 3 aromatic rings. The highest BCUT2D eigenvalue weighted by atomic mass is 16.6. The lowest BCUT2D eigenvalue weighted by Crippen LogP contribution is -2.49. The minimum absolute atomic E-state index is 0.0695. The van der Waals surface area contributed by atoms with Gasteiger partial charge in [0.2, 0.25) is 0 Å². The fourth-order valence-corrected chi connectivity index (χ4v) is 3.79. The first-order valence-corrected chi connectivity index (χ1v) is 9.71. The summed E-state index contributed by atoms with van der Waals surface area (Å²) in [5, 5.41) is 12.2. The van der Waals surface area contributed by atoms with Crippen molar-refractivity contribution in [1.82, 2.24) is 9.88 Å². The largest absolute Gasteiger partial charge is 0.497 e. The highest BCUT2D eigenvalue weighted by Gasteiger charge is 2.27. The lowest BCUT2D eigenvalue weighted by Gasteiger charge is -2.36. The number of pyridine rings is 1. The van der Waals surface area contributed by atoms with Crippen LogP contribution in [0.3, 0.4) is 0 Å². The van der Waals surface area contributed by atoms with Crippen molar-refractivity contribution < 1.29 is 14.5 Å². The molecule has 0 saturated carbocycles. The van der Waals surface area contributed by atoms with Crippen LogP contribution in [0.1, 0.15) is 16.1 Å². The van der Waals surface area contributed by atoms with Crippen LogP contribution >= 0.6 is 0 Å². The molecule has 8 nitrogen and oxygen atoms in total. The maximum absolute atomic E-state index is 13.1. The SMILES string of the molecule is COc1ccc2cc(C(=O)N3CCN(c4ccccc4[N+](=O)[O-])CC3)c(C)nc2c1. The molecule has 0 atom stereocenters. The number of benzene rings is 2. The number of nitro groups is 1. The molecule has 0 unspecified atom stereocenters. The molecule has 2 heterocycles. The Bertz CT molecular complexity index is 1120. The van der Waals surface area contributed by atoms with Crippen LogP contribution in [-0.2, 0) is 0 Å². The Kier molecular flexibility index (Phi) is 5.22. The fraction of sp³-hybridized carbons (Fsp3) is 0.273. The summed E-state index contributed by atoms with van der Waals surface area (Å²) in [6.45, 7) is 3.88. The summed E-state index contributed by atoms with van der Waals surface area (Å²) in [7, 11) is 1.61.